The summed E-state index contributed by atoms with van der Waals surface area (Å²) in [5.74, 6) is -0.270. The number of ether oxygens (including phenoxy) is 1. The highest BCUT2D eigenvalue weighted by Gasteiger charge is 2.24. The van der Waals surface area contributed by atoms with E-state index in [1.54, 1.807) is 19.1 Å². The zero-order valence-corrected chi connectivity index (χ0v) is 10.9. The smallest absolute Gasteiger partial charge is 0.123 e. The number of rotatable bonds is 5. The average Bonchev–Trinajstić information content (AvgIpc) is 2.82. The Morgan fingerprint density at radius 2 is 2.11 bits per heavy atom. The van der Waals surface area contributed by atoms with E-state index >= 15 is 0 Å². The van der Waals surface area contributed by atoms with E-state index in [0.29, 0.717) is 12.5 Å². The van der Waals surface area contributed by atoms with Crippen LogP contribution in [0.2, 0.25) is 0 Å². The molecule has 100 valence electrons. The van der Waals surface area contributed by atoms with Gasteiger partial charge in [-0.3, -0.25) is 0 Å². The lowest BCUT2D eigenvalue weighted by Crippen LogP contribution is -2.21. The molecule has 1 aromatic carbocycles. The Hall–Kier alpha value is -0.930. The SMILES string of the molecule is CC(O)(CCCC1CCCO1)c1ccc(F)cc1. The van der Waals surface area contributed by atoms with Crippen molar-refractivity contribution in [3.8, 4) is 0 Å². The van der Waals surface area contributed by atoms with Crippen LogP contribution in [0.5, 0.6) is 0 Å². The number of aliphatic hydroxyl groups is 1. The average molecular weight is 252 g/mol. The lowest BCUT2D eigenvalue weighted by atomic mass is 9.90. The zero-order valence-electron chi connectivity index (χ0n) is 10.9. The molecule has 1 saturated heterocycles. The van der Waals surface area contributed by atoms with Gasteiger partial charge in [-0.2, -0.15) is 0 Å². The molecule has 3 heteroatoms. The number of hydrogen-bond acceptors (Lipinski definition) is 2. The Morgan fingerprint density at radius 3 is 2.72 bits per heavy atom. The molecule has 1 aromatic rings. The molecule has 18 heavy (non-hydrogen) atoms. The molecule has 1 aliphatic heterocycles. The fourth-order valence-electron chi connectivity index (χ4n) is 2.50. The van der Waals surface area contributed by atoms with E-state index in [9.17, 15) is 9.50 Å². The van der Waals surface area contributed by atoms with Gasteiger partial charge in [0.1, 0.15) is 5.82 Å². The van der Waals surface area contributed by atoms with Crippen LogP contribution in [0.25, 0.3) is 0 Å². The van der Waals surface area contributed by atoms with Gasteiger partial charge in [0.05, 0.1) is 11.7 Å². The number of halogens is 1. The number of benzene rings is 1. The highest BCUT2D eigenvalue weighted by atomic mass is 19.1. The van der Waals surface area contributed by atoms with Crippen LogP contribution in [-0.2, 0) is 10.3 Å². The maximum atomic E-state index is 12.8. The van der Waals surface area contributed by atoms with Crippen LogP contribution in [0.4, 0.5) is 4.39 Å². The van der Waals surface area contributed by atoms with Gasteiger partial charge in [0.15, 0.2) is 0 Å². The topological polar surface area (TPSA) is 29.5 Å². The Bertz CT molecular complexity index is 367. The normalized spacial score (nSPS) is 22.9. The van der Waals surface area contributed by atoms with Crippen molar-refractivity contribution in [2.75, 3.05) is 6.61 Å². The van der Waals surface area contributed by atoms with Gasteiger partial charge < -0.3 is 9.84 Å². The standard InChI is InChI=1S/C15H21FO2/c1-15(17,12-6-8-13(16)9-7-12)10-2-4-14-5-3-11-18-14/h6-9,14,17H,2-5,10-11H2,1H3. The third-order valence-electron chi connectivity index (χ3n) is 3.68. The van der Waals surface area contributed by atoms with Crippen molar-refractivity contribution in [1.29, 1.82) is 0 Å². The monoisotopic (exact) mass is 252 g/mol. The van der Waals surface area contributed by atoms with Crippen LogP contribution in [0.3, 0.4) is 0 Å². The Balaban J connectivity index is 1.84. The van der Waals surface area contributed by atoms with Crippen molar-refractivity contribution in [3.63, 3.8) is 0 Å². The lowest BCUT2D eigenvalue weighted by molar-refractivity contribution is 0.0371. The zero-order chi connectivity index (χ0) is 13.0. The first-order valence-corrected chi connectivity index (χ1v) is 6.68. The maximum Gasteiger partial charge on any atom is 0.123 e. The summed E-state index contributed by atoms with van der Waals surface area (Å²) >= 11 is 0. The molecule has 1 N–H and O–H groups in total. The van der Waals surface area contributed by atoms with Crippen LogP contribution in [-0.4, -0.2) is 17.8 Å². The van der Waals surface area contributed by atoms with Gasteiger partial charge in [-0.1, -0.05) is 12.1 Å². The maximum absolute atomic E-state index is 12.8. The van der Waals surface area contributed by atoms with E-state index in [0.717, 1.165) is 37.9 Å². The third-order valence-corrected chi connectivity index (χ3v) is 3.68. The minimum atomic E-state index is -0.883. The van der Waals surface area contributed by atoms with E-state index in [1.807, 2.05) is 0 Å². The number of hydrogen-bond donors (Lipinski definition) is 1. The molecule has 1 heterocycles. The minimum absolute atomic E-state index is 0.270. The molecule has 2 nitrogen and oxygen atoms in total. The molecule has 1 fully saturated rings. The van der Waals surface area contributed by atoms with Gasteiger partial charge in [0, 0.05) is 6.61 Å². The van der Waals surface area contributed by atoms with Crippen LogP contribution in [0.15, 0.2) is 24.3 Å². The van der Waals surface area contributed by atoms with Gasteiger partial charge in [-0.15, -0.1) is 0 Å². The van der Waals surface area contributed by atoms with Crippen molar-refractivity contribution in [2.45, 2.75) is 50.7 Å². The minimum Gasteiger partial charge on any atom is -0.385 e. The first-order valence-electron chi connectivity index (χ1n) is 6.68. The van der Waals surface area contributed by atoms with Gasteiger partial charge in [-0.25, -0.2) is 4.39 Å². The molecule has 1 aliphatic rings. The highest BCUT2D eigenvalue weighted by molar-refractivity contribution is 5.22. The molecular formula is C15H21FO2. The van der Waals surface area contributed by atoms with Crippen molar-refractivity contribution in [3.05, 3.63) is 35.6 Å². The van der Waals surface area contributed by atoms with Crippen LogP contribution >= 0.6 is 0 Å². The summed E-state index contributed by atoms with van der Waals surface area (Å²) in [5, 5.41) is 10.4. The lowest BCUT2D eigenvalue weighted by Gasteiger charge is -2.24. The second kappa shape index (κ2) is 5.81. The summed E-state index contributed by atoms with van der Waals surface area (Å²) in [4.78, 5) is 0. The van der Waals surface area contributed by atoms with E-state index in [1.165, 1.54) is 12.1 Å². The fourth-order valence-corrected chi connectivity index (χ4v) is 2.50. The highest BCUT2D eigenvalue weighted by Crippen LogP contribution is 2.28. The van der Waals surface area contributed by atoms with Crippen molar-refractivity contribution >= 4 is 0 Å². The Labute approximate surface area is 108 Å². The quantitative estimate of drug-likeness (QED) is 0.870. The van der Waals surface area contributed by atoms with Gasteiger partial charge in [0.25, 0.3) is 0 Å². The van der Waals surface area contributed by atoms with E-state index in [-0.39, 0.29) is 5.82 Å². The second-order valence-corrected chi connectivity index (χ2v) is 5.31. The molecule has 2 atom stereocenters. The molecular weight excluding hydrogens is 231 g/mol. The van der Waals surface area contributed by atoms with Crippen molar-refractivity contribution in [1.82, 2.24) is 0 Å². The fraction of sp³-hybridized carbons (Fsp3) is 0.600. The van der Waals surface area contributed by atoms with Crippen LogP contribution in [0, 0.1) is 5.82 Å². The predicted molar refractivity (Wildman–Crippen MR) is 68.8 cm³/mol. The summed E-state index contributed by atoms with van der Waals surface area (Å²) in [7, 11) is 0. The summed E-state index contributed by atoms with van der Waals surface area (Å²) in [6.45, 7) is 2.66. The van der Waals surface area contributed by atoms with Gasteiger partial charge in [-0.05, 0) is 56.7 Å². The molecule has 0 amide bonds. The Kier molecular flexibility index (Phi) is 4.36. The first kappa shape index (κ1) is 13.5. The molecule has 0 aliphatic carbocycles. The summed E-state index contributed by atoms with van der Waals surface area (Å²) < 4.78 is 18.4. The molecule has 2 rings (SSSR count). The van der Waals surface area contributed by atoms with E-state index in [2.05, 4.69) is 0 Å². The molecule has 2 unspecified atom stereocenters. The van der Waals surface area contributed by atoms with Crippen molar-refractivity contribution < 1.29 is 14.2 Å². The molecule has 0 spiro atoms. The van der Waals surface area contributed by atoms with Crippen LogP contribution in [0.1, 0.15) is 44.6 Å². The van der Waals surface area contributed by atoms with Gasteiger partial charge in [0.2, 0.25) is 0 Å². The molecule has 0 aromatic heterocycles. The molecule has 0 saturated carbocycles. The van der Waals surface area contributed by atoms with E-state index < -0.39 is 5.60 Å². The summed E-state index contributed by atoms with van der Waals surface area (Å²) in [6.07, 6.45) is 5.26. The first-order chi connectivity index (χ1) is 8.58. The van der Waals surface area contributed by atoms with E-state index in [4.69, 9.17) is 4.74 Å². The summed E-state index contributed by atoms with van der Waals surface area (Å²) in [6, 6.07) is 6.09. The van der Waals surface area contributed by atoms with Gasteiger partial charge >= 0.3 is 0 Å². The largest absolute Gasteiger partial charge is 0.385 e. The summed E-state index contributed by atoms with van der Waals surface area (Å²) in [5.41, 5.74) is -0.108. The molecule has 0 radical (unpaired) electrons. The Morgan fingerprint density at radius 1 is 1.39 bits per heavy atom. The van der Waals surface area contributed by atoms with Crippen LogP contribution < -0.4 is 0 Å². The second-order valence-electron chi connectivity index (χ2n) is 5.31. The molecule has 0 bridgehead atoms. The third kappa shape index (κ3) is 3.53. The predicted octanol–water partition coefficient (Wildman–Crippen LogP) is 3.38. The van der Waals surface area contributed by atoms with Crippen molar-refractivity contribution in [2.24, 2.45) is 0 Å².